The van der Waals surface area contributed by atoms with E-state index < -0.39 is 15.9 Å². The number of nitrogens with one attached hydrogen (secondary N) is 1. The molecular weight excluding hydrogens is 450 g/mol. The van der Waals surface area contributed by atoms with E-state index in [-0.39, 0.29) is 24.6 Å². The Morgan fingerprint density at radius 1 is 1.16 bits per heavy atom. The molecule has 0 aliphatic heterocycles. The lowest BCUT2D eigenvalue weighted by atomic mass is 10.3. The van der Waals surface area contributed by atoms with E-state index in [1.165, 1.54) is 41.0 Å². The Hall–Kier alpha value is -3.21. The molecule has 168 valence electrons. The van der Waals surface area contributed by atoms with Crippen molar-refractivity contribution < 1.29 is 22.7 Å². The van der Waals surface area contributed by atoms with Crippen molar-refractivity contribution in [2.24, 2.45) is 0 Å². The summed E-state index contributed by atoms with van der Waals surface area (Å²) in [7, 11) is -2.21. The maximum absolute atomic E-state index is 12.9. The summed E-state index contributed by atoms with van der Waals surface area (Å²) < 4.78 is 38.5. The summed E-state index contributed by atoms with van der Waals surface area (Å²) in [6, 6.07) is 11.7. The van der Waals surface area contributed by atoms with Crippen LogP contribution in [0.25, 0.3) is 10.2 Å². The van der Waals surface area contributed by atoms with Crippen LogP contribution in [-0.2, 0) is 14.8 Å². The average molecular weight is 474 g/mol. The van der Waals surface area contributed by atoms with Crippen molar-refractivity contribution >= 4 is 42.6 Å². The molecule has 3 aromatic rings. The number of rotatable bonds is 11. The van der Waals surface area contributed by atoms with E-state index in [2.05, 4.69) is 23.5 Å². The number of thiazole rings is 1. The highest BCUT2D eigenvalue weighted by Gasteiger charge is 2.23. The fourth-order valence-electron chi connectivity index (χ4n) is 2.86. The largest absolute Gasteiger partial charge is 0.493 e. The molecular formula is C22H23N3O5S2. The lowest BCUT2D eigenvalue weighted by Crippen LogP contribution is -2.31. The minimum Gasteiger partial charge on any atom is -0.493 e. The van der Waals surface area contributed by atoms with Gasteiger partial charge in [-0.2, -0.15) is 4.31 Å². The number of para-hydroxylation sites is 2. The molecule has 0 fully saturated rings. The molecule has 0 radical (unpaired) electrons. The number of nitrogens with zero attached hydrogens (tertiary/aromatic N) is 2. The van der Waals surface area contributed by atoms with Gasteiger partial charge in [0.15, 0.2) is 23.2 Å². The fraction of sp³-hybridized carbons (Fsp3) is 0.182. The predicted octanol–water partition coefficient (Wildman–Crippen LogP) is 3.69. The van der Waals surface area contributed by atoms with Gasteiger partial charge in [0.05, 0.1) is 22.2 Å². The van der Waals surface area contributed by atoms with Gasteiger partial charge in [0, 0.05) is 13.1 Å². The number of carbonyl (C=O) groups excluding carboxylic acids is 1. The molecule has 0 saturated heterocycles. The van der Waals surface area contributed by atoms with E-state index in [0.29, 0.717) is 26.8 Å². The number of ether oxygens (including phenoxy) is 2. The number of carbonyl (C=O) groups is 1. The molecule has 1 aromatic heterocycles. The molecule has 2 aromatic carbocycles. The second-order valence-electron chi connectivity index (χ2n) is 6.54. The second kappa shape index (κ2) is 10.4. The van der Waals surface area contributed by atoms with Crippen LogP contribution < -0.4 is 14.8 Å². The molecule has 0 aliphatic rings. The summed E-state index contributed by atoms with van der Waals surface area (Å²) in [4.78, 5) is 16.8. The highest BCUT2D eigenvalue weighted by molar-refractivity contribution is 7.89. The van der Waals surface area contributed by atoms with Crippen molar-refractivity contribution in [3.63, 3.8) is 0 Å². The van der Waals surface area contributed by atoms with Crippen molar-refractivity contribution in [2.75, 3.05) is 32.1 Å². The molecule has 32 heavy (non-hydrogen) atoms. The SMILES string of the molecule is C=CCN(CC=C)S(=O)(=O)c1ccc2nc(NC(=O)COc3ccccc3OC)sc2c1. The van der Waals surface area contributed by atoms with Gasteiger partial charge in [-0.1, -0.05) is 35.6 Å². The highest BCUT2D eigenvalue weighted by atomic mass is 32.2. The number of aromatic nitrogens is 1. The Bertz CT molecular complexity index is 1230. The van der Waals surface area contributed by atoms with Crippen molar-refractivity contribution in [2.45, 2.75) is 4.90 Å². The van der Waals surface area contributed by atoms with Crippen LogP contribution in [-0.4, -0.2) is 50.4 Å². The van der Waals surface area contributed by atoms with Crippen LogP contribution in [0.1, 0.15) is 0 Å². The number of sulfonamides is 1. The first-order valence-electron chi connectivity index (χ1n) is 9.57. The maximum atomic E-state index is 12.9. The average Bonchev–Trinajstić information content (AvgIpc) is 3.19. The highest BCUT2D eigenvalue weighted by Crippen LogP contribution is 2.30. The van der Waals surface area contributed by atoms with Crippen LogP contribution in [0.5, 0.6) is 11.5 Å². The number of hydrogen-bond donors (Lipinski definition) is 1. The Morgan fingerprint density at radius 3 is 2.50 bits per heavy atom. The summed E-state index contributed by atoms with van der Waals surface area (Å²) in [5.41, 5.74) is 0.578. The van der Waals surface area contributed by atoms with E-state index in [1.807, 2.05) is 0 Å². The van der Waals surface area contributed by atoms with Crippen LogP contribution in [0.3, 0.4) is 0 Å². The number of methoxy groups -OCH3 is 1. The molecule has 1 amide bonds. The minimum absolute atomic E-state index is 0.134. The quantitative estimate of drug-likeness (QED) is 0.427. The summed E-state index contributed by atoms with van der Waals surface area (Å²) >= 11 is 1.18. The van der Waals surface area contributed by atoms with E-state index in [0.717, 1.165) is 0 Å². The fourth-order valence-corrected chi connectivity index (χ4v) is 5.27. The van der Waals surface area contributed by atoms with Gasteiger partial charge in [0.2, 0.25) is 10.0 Å². The van der Waals surface area contributed by atoms with Crippen molar-refractivity contribution in [3.8, 4) is 11.5 Å². The minimum atomic E-state index is -3.73. The zero-order valence-corrected chi connectivity index (χ0v) is 19.1. The smallest absolute Gasteiger partial charge is 0.264 e. The lowest BCUT2D eigenvalue weighted by Gasteiger charge is -2.18. The number of benzene rings is 2. The Morgan fingerprint density at radius 2 is 1.84 bits per heavy atom. The van der Waals surface area contributed by atoms with E-state index in [4.69, 9.17) is 9.47 Å². The monoisotopic (exact) mass is 473 g/mol. The molecule has 0 unspecified atom stereocenters. The first-order valence-corrected chi connectivity index (χ1v) is 11.8. The van der Waals surface area contributed by atoms with Crippen molar-refractivity contribution in [1.29, 1.82) is 0 Å². The number of amides is 1. The number of fused-ring (bicyclic) bond motifs is 1. The van der Waals surface area contributed by atoms with Gasteiger partial charge in [0.1, 0.15) is 0 Å². The van der Waals surface area contributed by atoms with Crippen LogP contribution in [0.2, 0.25) is 0 Å². The van der Waals surface area contributed by atoms with Crippen molar-refractivity contribution in [3.05, 3.63) is 67.8 Å². The van der Waals surface area contributed by atoms with Gasteiger partial charge in [0.25, 0.3) is 5.91 Å². The normalized spacial score (nSPS) is 11.3. The van der Waals surface area contributed by atoms with Gasteiger partial charge in [-0.25, -0.2) is 13.4 Å². The first kappa shape index (κ1) is 23.5. The summed E-state index contributed by atoms with van der Waals surface area (Å²) in [6.45, 7) is 7.33. The van der Waals surface area contributed by atoms with Gasteiger partial charge in [-0.3, -0.25) is 10.1 Å². The van der Waals surface area contributed by atoms with E-state index in [1.54, 1.807) is 36.4 Å². The molecule has 8 nitrogen and oxygen atoms in total. The first-order chi connectivity index (χ1) is 15.4. The molecule has 1 N–H and O–H groups in total. The molecule has 0 atom stereocenters. The summed E-state index contributed by atoms with van der Waals surface area (Å²) in [5, 5.41) is 3.02. The van der Waals surface area contributed by atoms with Crippen LogP contribution in [0.15, 0.2) is 72.7 Å². The predicted molar refractivity (Wildman–Crippen MR) is 126 cm³/mol. The van der Waals surface area contributed by atoms with Crippen LogP contribution in [0.4, 0.5) is 5.13 Å². The van der Waals surface area contributed by atoms with Gasteiger partial charge in [-0.05, 0) is 30.3 Å². The summed E-state index contributed by atoms with van der Waals surface area (Å²) in [5.74, 6) is 0.579. The Kier molecular flexibility index (Phi) is 7.62. The molecule has 10 heteroatoms. The Balaban J connectivity index is 1.73. The Labute approximate surface area is 190 Å². The third kappa shape index (κ3) is 5.34. The number of hydrogen-bond acceptors (Lipinski definition) is 7. The standard InChI is InChI=1S/C22H23N3O5S2/c1-4-12-25(13-5-2)32(27,28)16-10-11-17-20(14-16)31-22(23-17)24-21(26)15-30-19-9-7-6-8-18(19)29-3/h4-11,14H,1-2,12-13,15H2,3H3,(H,23,24,26). The lowest BCUT2D eigenvalue weighted by molar-refractivity contribution is -0.118. The van der Waals surface area contributed by atoms with Crippen molar-refractivity contribution in [1.82, 2.24) is 9.29 Å². The van der Waals surface area contributed by atoms with Gasteiger partial charge < -0.3 is 9.47 Å². The number of anilines is 1. The van der Waals surface area contributed by atoms with Crippen LogP contribution >= 0.6 is 11.3 Å². The van der Waals surface area contributed by atoms with Gasteiger partial charge in [-0.15, -0.1) is 13.2 Å². The van der Waals surface area contributed by atoms with Gasteiger partial charge >= 0.3 is 0 Å². The zero-order valence-electron chi connectivity index (χ0n) is 17.5. The molecule has 0 bridgehead atoms. The third-order valence-electron chi connectivity index (χ3n) is 4.34. The molecule has 0 aliphatic carbocycles. The zero-order chi connectivity index (χ0) is 23.1. The second-order valence-corrected chi connectivity index (χ2v) is 9.50. The van der Waals surface area contributed by atoms with E-state index in [9.17, 15) is 13.2 Å². The maximum Gasteiger partial charge on any atom is 0.264 e. The van der Waals surface area contributed by atoms with E-state index >= 15 is 0 Å². The summed E-state index contributed by atoms with van der Waals surface area (Å²) in [6.07, 6.45) is 3.04. The molecule has 0 spiro atoms. The molecule has 1 heterocycles. The topological polar surface area (TPSA) is 97.8 Å². The molecule has 0 saturated carbocycles. The third-order valence-corrected chi connectivity index (χ3v) is 7.10. The molecule has 3 rings (SSSR count). The van der Waals surface area contributed by atoms with Crippen LogP contribution in [0, 0.1) is 0 Å².